The number of aryl methyl sites for hydroxylation is 1. The van der Waals surface area contributed by atoms with E-state index in [0.29, 0.717) is 16.8 Å². The lowest BCUT2D eigenvalue weighted by molar-refractivity contribution is -0.144. The van der Waals surface area contributed by atoms with Crippen molar-refractivity contribution in [3.63, 3.8) is 0 Å². The fourth-order valence-corrected chi connectivity index (χ4v) is 2.92. The van der Waals surface area contributed by atoms with Gasteiger partial charge in [-0.05, 0) is 26.3 Å². The van der Waals surface area contributed by atoms with Gasteiger partial charge in [-0.15, -0.1) is 0 Å². The summed E-state index contributed by atoms with van der Waals surface area (Å²) in [6.45, 7) is 3.13. The first-order valence-electron chi connectivity index (χ1n) is 8.59. The second-order valence-corrected chi connectivity index (χ2v) is 6.88. The van der Waals surface area contributed by atoms with Crippen LogP contribution in [-0.2, 0) is 28.0 Å². The summed E-state index contributed by atoms with van der Waals surface area (Å²) < 4.78 is 38.7. The summed E-state index contributed by atoms with van der Waals surface area (Å²) in [4.78, 5) is 24.1. The number of carboxylic acids is 1. The number of carbonyl (C=O) groups is 2. The average Bonchev–Trinajstić information content (AvgIpc) is 2.86. The largest absolute Gasteiger partial charge is 0.481 e. The maximum Gasteiger partial charge on any atom is 0.408 e. The second kappa shape index (κ2) is 8.04. The van der Waals surface area contributed by atoms with Gasteiger partial charge in [0.2, 0.25) is 5.91 Å². The summed E-state index contributed by atoms with van der Waals surface area (Å²) in [5, 5.41) is 16.1. The lowest BCUT2D eigenvalue weighted by Gasteiger charge is -2.25. The monoisotopic (exact) mass is 397 g/mol. The lowest BCUT2D eigenvalue weighted by atomic mass is 9.82. The number of aliphatic carboxylic acids is 1. The molecule has 0 saturated heterocycles. The van der Waals surface area contributed by atoms with E-state index in [0.717, 1.165) is 4.68 Å². The number of nitrogens with one attached hydrogen (secondary N) is 1. The van der Waals surface area contributed by atoms with Crippen molar-refractivity contribution in [2.24, 2.45) is 0 Å². The molecule has 0 aliphatic rings. The third-order valence-corrected chi connectivity index (χ3v) is 4.72. The van der Waals surface area contributed by atoms with E-state index in [2.05, 4.69) is 10.4 Å². The quantitative estimate of drug-likeness (QED) is 0.753. The van der Waals surface area contributed by atoms with Crippen LogP contribution < -0.4 is 5.32 Å². The Morgan fingerprint density at radius 2 is 1.79 bits per heavy atom. The van der Waals surface area contributed by atoms with Crippen LogP contribution in [0.25, 0.3) is 0 Å². The number of benzene rings is 1. The molecular formula is C19H22F3N3O3. The molecule has 0 fully saturated rings. The predicted octanol–water partition coefficient (Wildman–Crippen LogP) is 2.76. The number of carboxylic acid groups (broad SMARTS) is 1. The smallest absolute Gasteiger partial charge is 0.408 e. The van der Waals surface area contributed by atoms with E-state index in [1.165, 1.54) is 20.8 Å². The van der Waals surface area contributed by atoms with Crippen LogP contribution in [0.5, 0.6) is 0 Å². The van der Waals surface area contributed by atoms with Crippen LogP contribution in [0, 0.1) is 13.8 Å². The Morgan fingerprint density at radius 1 is 1.18 bits per heavy atom. The van der Waals surface area contributed by atoms with Crippen LogP contribution in [0.2, 0.25) is 0 Å². The zero-order valence-electron chi connectivity index (χ0n) is 15.8. The van der Waals surface area contributed by atoms with E-state index in [4.69, 9.17) is 0 Å². The topological polar surface area (TPSA) is 84.2 Å². The Morgan fingerprint density at radius 3 is 2.32 bits per heavy atom. The van der Waals surface area contributed by atoms with Gasteiger partial charge in [0.25, 0.3) is 0 Å². The van der Waals surface area contributed by atoms with Crippen molar-refractivity contribution in [1.29, 1.82) is 0 Å². The molecular weight excluding hydrogens is 375 g/mol. The number of aromatic nitrogens is 2. The molecule has 0 bridgehead atoms. The van der Waals surface area contributed by atoms with Crippen molar-refractivity contribution < 1.29 is 27.9 Å². The van der Waals surface area contributed by atoms with Gasteiger partial charge in [-0.1, -0.05) is 30.3 Å². The van der Waals surface area contributed by atoms with E-state index < -0.39 is 30.0 Å². The minimum absolute atomic E-state index is 0.153. The number of halogens is 3. The fraction of sp³-hybridized carbons (Fsp3) is 0.421. The number of rotatable bonds is 7. The van der Waals surface area contributed by atoms with Crippen molar-refractivity contribution in [2.75, 3.05) is 6.54 Å². The molecule has 2 N–H and O–H groups in total. The summed E-state index contributed by atoms with van der Waals surface area (Å²) in [6.07, 6.45) is -4.60. The molecule has 1 aromatic carbocycles. The number of nitrogens with zero attached hydrogens (tertiary/aromatic N) is 2. The Kier molecular flexibility index (Phi) is 6.16. The third-order valence-electron chi connectivity index (χ3n) is 4.72. The molecule has 2 rings (SSSR count). The summed E-state index contributed by atoms with van der Waals surface area (Å²) in [5.74, 6) is -1.58. The van der Waals surface area contributed by atoms with Crippen molar-refractivity contribution in [2.45, 2.75) is 45.3 Å². The van der Waals surface area contributed by atoms with E-state index in [1.807, 2.05) is 0 Å². The first kappa shape index (κ1) is 21.5. The van der Waals surface area contributed by atoms with Crippen molar-refractivity contribution in [1.82, 2.24) is 15.1 Å². The Bertz CT molecular complexity index is 863. The molecule has 1 heterocycles. The van der Waals surface area contributed by atoms with Crippen LogP contribution in [0.4, 0.5) is 13.2 Å². The fourth-order valence-electron chi connectivity index (χ4n) is 2.92. The molecule has 6 nitrogen and oxygen atoms in total. The maximum absolute atomic E-state index is 12.6. The van der Waals surface area contributed by atoms with Crippen molar-refractivity contribution >= 4 is 11.9 Å². The highest BCUT2D eigenvalue weighted by atomic mass is 19.4. The first-order chi connectivity index (χ1) is 12.9. The molecule has 2 aromatic rings. The number of hydrogen-bond acceptors (Lipinski definition) is 3. The molecule has 152 valence electrons. The number of amides is 1. The highest BCUT2D eigenvalue weighted by molar-refractivity contribution is 5.84. The van der Waals surface area contributed by atoms with Crippen LogP contribution >= 0.6 is 0 Å². The average molecular weight is 397 g/mol. The van der Waals surface area contributed by atoms with Crippen LogP contribution in [-0.4, -0.2) is 39.5 Å². The molecule has 0 spiro atoms. The molecule has 0 saturated carbocycles. The van der Waals surface area contributed by atoms with Gasteiger partial charge in [0.15, 0.2) is 0 Å². The standard InChI is InChI=1S/C19H22F3N3O3/c1-12-15(13(2)25(24-12)11-19(20,21)22)9-16(26)23-10-18(3,17(27)28)14-7-5-4-6-8-14/h4-8H,9-11H2,1-3H3,(H,23,26)(H,27,28). The van der Waals surface area contributed by atoms with Gasteiger partial charge in [0.1, 0.15) is 12.0 Å². The van der Waals surface area contributed by atoms with Gasteiger partial charge >= 0.3 is 12.1 Å². The highest BCUT2D eigenvalue weighted by Crippen LogP contribution is 2.24. The van der Waals surface area contributed by atoms with Crippen molar-refractivity contribution in [3.05, 3.63) is 52.8 Å². The summed E-state index contributed by atoms with van der Waals surface area (Å²) in [5.41, 5.74) is 0.197. The van der Waals surface area contributed by atoms with Gasteiger partial charge in [-0.3, -0.25) is 14.3 Å². The van der Waals surface area contributed by atoms with E-state index in [1.54, 1.807) is 30.3 Å². The zero-order chi connectivity index (χ0) is 21.1. The zero-order valence-corrected chi connectivity index (χ0v) is 15.8. The summed E-state index contributed by atoms with van der Waals surface area (Å²) in [6, 6.07) is 8.50. The molecule has 1 amide bonds. The van der Waals surface area contributed by atoms with Crippen LogP contribution in [0.15, 0.2) is 30.3 Å². The summed E-state index contributed by atoms with van der Waals surface area (Å²) >= 11 is 0. The number of alkyl halides is 3. The summed E-state index contributed by atoms with van der Waals surface area (Å²) in [7, 11) is 0. The minimum Gasteiger partial charge on any atom is -0.481 e. The van der Waals surface area contributed by atoms with Crippen LogP contribution in [0.1, 0.15) is 29.4 Å². The molecule has 28 heavy (non-hydrogen) atoms. The molecule has 9 heteroatoms. The van der Waals surface area contributed by atoms with Crippen molar-refractivity contribution in [3.8, 4) is 0 Å². The molecule has 0 aliphatic heterocycles. The van der Waals surface area contributed by atoms with Gasteiger partial charge in [-0.25, -0.2) is 0 Å². The predicted molar refractivity (Wildman–Crippen MR) is 95.9 cm³/mol. The van der Waals surface area contributed by atoms with Gasteiger partial charge in [0, 0.05) is 17.8 Å². The third kappa shape index (κ3) is 4.90. The molecule has 1 aromatic heterocycles. The van der Waals surface area contributed by atoms with E-state index in [9.17, 15) is 27.9 Å². The van der Waals surface area contributed by atoms with Gasteiger partial charge in [-0.2, -0.15) is 18.3 Å². The second-order valence-electron chi connectivity index (χ2n) is 6.88. The molecule has 1 unspecified atom stereocenters. The number of hydrogen-bond donors (Lipinski definition) is 2. The normalized spacial score (nSPS) is 13.8. The molecule has 0 aliphatic carbocycles. The maximum atomic E-state index is 12.6. The SMILES string of the molecule is Cc1nn(CC(F)(F)F)c(C)c1CC(=O)NCC(C)(C(=O)O)c1ccccc1. The van der Waals surface area contributed by atoms with Gasteiger partial charge in [0.05, 0.1) is 12.1 Å². The minimum atomic E-state index is -4.41. The highest BCUT2D eigenvalue weighted by Gasteiger charge is 2.36. The first-order valence-corrected chi connectivity index (χ1v) is 8.59. The molecule has 1 atom stereocenters. The van der Waals surface area contributed by atoms with E-state index >= 15 is 0 Å². The Labute approximate surface area is 160 Å². The lowest BCUT2D eigenvalue weighted by Crippen LogP contribution is -2.44. The van der Waals surface area contributed by atoms with Gasteiger partial charge < -0.3 is 10.4 Å². The Hall–Kier alpha value is -2.84. The van der Waals surface area contributed by atoms with E-state index in [-0.39, 0.29) is 18.7 Å². The number of carbonyl (C=O) groups excluding carboxylic acids is 1. The molecule has 0 radical (unpaired) electrons. The Balaban J connectivity index is 2.11. The van der Waals surface area contributed by atoms with Crippen LogP contribution in [0.3, 0.4) is 0 Å².